The highest BCUT2D eigenvalue weighted by molar-refractivity contribution is 5.89. The van der Waals surface area contributed by atoms with E-state index in [1.807, 2.05) is 30.3 Å². The summed E-state index contributed by atoms with van der Waals surface area (Å²) in [6, 6.07) is 9.45. The monoisotopic (exact) mass is 560 g/mol. The maximum atomic E-state index is 13.6. The third-order valence-electron chi connectivity index (χ3n) is 12.1. The van der Waals surface area contributed by atoms with Crippen LogP contribution in [0.4, 0.5) is 0 Å². The Hall–Kier alpha value is -2.40. The molecule has 5 heteroatoms. The predicted octanol–water partition coefficient (Wildman–Crippen LogP) is 7.70. The minimum absolute atomic E-state index is 0.0260. The van der Waals surface area contributed by atoms with Gasteiger partial charge in [-0.2, -0.15) is 0 Å². The van der Waals surface area contributed by atoms with Gasteiger partial charge in [0.1, 0.15) is 12.2 Å². The van der Waals surface area contributed by atoms with E-state index in [2.05, 4.69) is 40.3 Å². The number of carbonyl (C=O) groups is 2. The number of hydrogen-bond donors (Lipinski definition) is 0. The van der Waals surface area contributed by atoms with Gasteiger partial charge in [0.15, 0.2) is 0 Å². The summed E-state index contributed by atoms with van der Waals surface area (Å²) < 4.78 is 19.1. The zero-order chi connectivity index (χ0) is 29.1. The second kappa shape index (κ2) is 10.7. The Morgan fingerprint density at radius 3 is 2.51 bits per heavy atom. The van der Waals surface area contributed by atoms with Crippen LogP contribution in [0.15, 0.2) is 54.1 Å². The van der Waals surface area contributed by atoms with Gasteiger partial charge in [0, 0.05) is 18.3 Å². The highest BCUT2D eigenvalue weighted by Gasteiger charge is 2.66. The fraction of sp³-hybridized carbons (Fsp3) is 0.667. The van der Waals surface area contributed by atoms with E-state index in [4.69, 9.17) is 14.2 Å². The summed E-state index contributed by atoms with van der Waals surface area (Å²) >= 11 is 0. The molecule has 0 spiro atoms. The van der Waals surface area contributed by atoms with E-state index in [0.717, 1.165) is 51.4 Å². The van der Waals surface area contributed by atoms with E-state index < -0.39 is 0 Å². The molecule has 0 aromatic heterocycles. The molecule has 41 heavy (non-hydrogen) atoms. The van der Waals surface area contributed by atoms with Gasteiger partial charge >= 0.3 is 11.9 Å². The van der Waals surface area contributed by atoms with E-state index >= 15 is 0 Å². The van der Waals surface area contributed by atoms with E-state index in [-0.39, 0.29) is 47.2 Å². The highest BCUT2D eigenvalue weighted by Crippen LogP contribution is 2.68. The van der Waals surface area contributed by atoms with Gasteiger partial charge in [-0.3, -0.25) is 4.79 Å². The van der Waals surface area contributed by atoms with Crippen LogP contribution >= 0.6 is 0 Å². The van der Waals surface area contributed by atoms with Gasteiger partial charge in [-0.15, -0.1) is 6.58 Å². The van der Waals surface area contributed by atoms with Gasteiger partial charge in [0.2, 0.25) is 0 Å². The van der Waals surface area contributed by atoms with Crippen LogP contribution in [0, 0.1) is 40.4 Å². The fourth-order valence-electron chi connectivity index (χ4n) is 10.1. The summed E-state index contributed by atoms with van der Waals surface area (Å²) in [5, 5.41) is 0. The number of allylic oxidation sites excluding steroid dienone is 1. The molecule has 222 valence electrons. The smallest absolute Gasteiger partial charge is 0.338 e. The summed E-state index contributed by atoms with van der Waals surface area (Å²) in [7, 11) is 0. The molecular weight excluding hydrogens is 512 g/mol. The number of esters is 2. The lowest BCUT2D eigenvalue weighted by Crippen LogP contribution is -2.57. The molecule has 5 nitrogen and oxygen atoms in total. The lowest BCUT2D eigenvalue weighted by Gasteiger charge is -2.61. The number of hydrogen-bond acceptors (Lipinski definition) is 5. The number of benzene rings is 1. The zero-order valence-electron chi connectivity index (χ0n) is 25.6. The lowest BCUT2D eigenvalue weighted by molar-refractivity contribution is -0.158. The SMILES string of the molecule is C=C(C)CC[C@H]1O[C@H]2C=C3[C@@H]4CC[C@H]5C[C@@H](OC(C)=O)CC[C@]5(C)[C@H]4C[C@H](OC(=O)c4ccccc4)[C@]3(C)[C@H]2[C@@H]1C. The molecule has 1 aliphatic heterocycles. The molecule has 4 aliphatic carbocycles. The standard InChI is InChI=1S/C36H48O5/c1-21(2)12-15-30-22(3)33-31(40-30)19-29-27-14-13-25-18-26(39-23(4)37)16-17-35(25,5)28(27)20-32(36(29,33)6)41-34(38)24-10-8-7-9-11-24/h7-11,19,22,25-28,30-33H,1,12-18,20H2,2-6H3/t22-,25+,26+,27-,28+,30-,31+,32+,33+,35+,36-/m1/s1. The molecule has 1 saturated heterocycles. The molecule has 0 unspecified atom stereocenters. The Bertz CT molecular complexity index is 1220. The van der Waals surface area contributed by atoms with Crippen molar-refractivity contribution in [2.24, 2.45) is 40.4 Å². The van der Waals surface area contributed by atoms with Crippen molar-refractivity contribution in [3.8, 4) is 0 Å². The van der Waals surface area contributed by atoms with Gasteiger partial charge in [0.05, 0.1) is 17.8 Å². The first-order chi connectivity index (χ1) is 19.5. The zero-order valence-corrected chi connectivity index (χ0v) is 25.6. The number of rotatable bonds is 6. The van der Waals surface area contributed by atoms with Gasteiger partial charge in [-0.1, -0.05) is 56.2 Å². The van der Waals surface area contributed by atoms with Crippen LogP contribution in [0.2, 0.25) is 0 Å². The van der Waals surface area contributed by atoms with E-state index in [1.165, 1.54) is 18.1 Å². The van der Waals surface area contributed by atoms with Crippen LogP contribution in [0.5, 0.6) is 0 Å². The normalized spacial score (nSPS) is 42.7. The summed E-state index contributed by atoms with van der Waals surface area (Å²) in [5.74, 6) is 1.70. The highest BCUT2D eigenvalue weighted by atomic mass is 16.5. The van der Waals surface area contributed by atoms with Crippen molar-refractivity contribution in [2.75, 3.05) is 0 Å². The molecule has 5 aliphatic rings. The Morgan fingerprint density at radius 2 is 1.80 bits per heavy atom. The van der Waals surface area contributed by atoms with Crippen molar-refractivity contribution in [3.05, 3.63) is 59.7 Å². The maximum absolute atomic E-state index is 13.6. The average molecular weight is 561 g/mol. The molecule has 3 saturated carbocycles. The number of ether oxygens (including phenoxy) is 3. The lowest BCUT2D eigenvalue weighted by atomic mass is 9.45. The Labute approximate surface area is 246 Å². The van der Waals surface area contributed by atoms with Crippen LogP contribution < -0.4 is 0 Å². The second-order valence-corrected chi connectivity index (χ2v) is 14.4. The molecule has 1 heterocycles. The van der Waals surface area contributed by atoms with Crippen molar-refractivity contribution in [2.45, 2.75) is 110 Å². The third kappa shape index (κ3) is 4.80. The summed E-state index contributed by atoms with van der Waals surface area (Å²) in [6.45, 7) is 14.9. The van der Waals surface area contributed by atoms with Gasteiger partial charge < -0.3 is 14.2 Å². The summed E-state index contributed by atoms with van der Waals surface area (Å²) in [4.78, 5) is 25.3. The first-order valence-corrected chi connectivity index (χ1v) is 16.0. The average Bonchev–Trinajstić information content (AvgIpc) is 3.41. The molecular formula is C36H48O5. The molecule has 0 bridgehead atoms. The minimum Gasteiger partial charge on any atom is -0.463 e. The molecule has 4 fully saturated rings. The van der Waals surface area contributed by atoms with E-state index in [0.29, 0.717) is 35.2 Å². The molecule has 11 atom stereocenters. The molecule has 1 aromatic rings. The quantitative estimate of drug-likeness (QED) is 0.264. The predicted molar refractivity (Wildman–Crippen MR) is 159 cm³/mol. The Morgan fingerprint density at radius 1 is 1.05 bits per heavy atom. The number of carbonyl (C=O) groups excluding carboxylic acids is 2. The first-order valence-electron chi connectivity index (χ1n) is 16.0. The van der Waals surface area contributed by atoms with Crippen molar-refractivity contribution in [1.82, 2.24) is 0 Å². The Kier molecular flexibility index (Phi) is 7.49. The van der Waals surface area contributed by atoms with Crippen LogP contribution in [0.25, 0.3) is 0 Å². The van der Waals surface area contributed by atoms with Crippen LogP contribution in [0.3, 0.4) is 0 Å². The molecule has 1 aromatic carbocycles. The first kappa shape index (κ1) is 28.7. The van der Waals surface area contributed by atoms with Crippen LogP contribution in [0.1, 0.15) is 96.3 Å². The van der Waals surface area contributed by atoms with Crippen molar-refractivity contribution in [1.29, 1.82) is 0 Å². The van der Waals surface area contributed by atoms with Crippen LogP contribution in [-0.2, 0) is 19.0 Å². The fourth-order valence-corrected chi connectivity index (χ4v) is 10.1. The second-order valence-electron chi connectivity index (χ2n) is 14.4. The summed E-state index contributed by atoms with van der Waals surface area (Å²) in [5.41, 5.74) is 3.19. The van der Waals surface area contributed by atoms with E-state index in [9.17, 15) is 9.59 Å². The van der Waals surface area contributed by atoms with E-state index in [1.54, 1.807) is 0 Å². The van der Waals surface area contributed by atoms with Gasteiger partial charge in [-0.25, -0.2) is 4.79 Å². The van der Waals surface area contributed by atoms with Crippen molar-refractivity contribution < 1.29 is 23.8 Å². The topological polar surface area (TPSA) is 61.8 Å². The third-order valence-corrected chi connectivity index (χ3v) is 12.1. The molecule has 0 radical (unpaired) electrons. The van der Waals surface area contributed by atoms with Crippen LogP contribution in [-0.4, -0.2) is 36.4 Å². The van der Waals surface area contributed by atoms with Gasteiger partial charge in [0.25, 0.3) is 0 Å². The Balaban J connectivity index is 1.33. The molecule has 0 amide bonds. The minimum atomic E-state index is -0.244. The van der Waals surface area contributed by atoms with Crippen molar-refractivity contribution >= 4 is 11.9 Å². The van der Waals surface area contributed by atoms with Gasteiger partial charge in [-0.05, 0) is 99.5 Å². The molecule has 6 rings (SSSR count). The number of fused-ring (bicyclic) bond motifs is 7. The molecule has 0 N–H and O–H groups in total. The largest absolute Gasteiger partial charge is 0.463 e. The summed E-state index contributed by atoms with van der Waals surface area (Å²) in [6.07, 6.45) is 10.6. The maximum Gasteiger partial charge on any atom is 0.338 e. The van der Waals surface area contributed by atoms with Crippen molar-refractivity contribution in [3.63, 3.8) is 0 Å².